The Hall–Kier alpha value is -5.57. The largest absolute Gasteiger partial charge is 0.506 e. The van der Waals surface area contributed by atoms with Crippen molar-refractivity contribution in [2.24, 2.45) is 5.16 Å². The van der Waals surface area contributed by atoms with Gasteiger partial charge in [0.05, 0.1) is 11.9 Å². The molecule has 6 aromatic rings. The minimum Gasteiger partial charge on any atom is -0.506 e. The third-order valence-corrected chi connectivity index (χ3v) is 5.59. The number of carbonyl (C=O) groups is 1. The highest BCUT2D eigenvalue weighted by Gasteiger charge is 2.02. The number of pyridine rings is 3. The van der Waals surface area contributed by atoms with E-state index >= 15 is 0 Å². The average Bonchev–Trinajstić information content (AvgIpc) is 2.95. The predicted octanol–water partition coefficient (Wildman–Crippen LogP) is 6.00. The van der Waals surface area contributed by atoms with Gasteiger partial charge in [0, 0.05) is 23.3 Å². The molecule has 0 saturated heterocycles. The number of carbonyl (C=O) groups excluding carboxylic acids is 1. The SMILES string of the molecule is Cc1ccc2cccc(O)c2n1.O/N=C/c1ccc2cccc(O)c2n1.O=Cc1ccc2cccc(O)c2n1.[2HH]. The fourth-order valence-electron chi connectivity index (χ4n) is 3.72. The van der Waals surface area contributed by atoms with Crippen LogP contribution in [0.4, 0.5) is 0 Å². The maximum absolute atomic E-state index is 10.4. The van der Waals surface area contributed by atoms with Crippen molar-refractivity contribution in [3.63, 3.8) is 0 Å². The molecule has 0 radical (unpaired) electrons. The summed E-state index contributed by atoms with van der Waals surface area (Å²) in [5, 5.41) is 42.2. The fraction of sp³-hybridized carbons (Fsp3) is 0.0333. The Bertz CT molecular complexity index is 1810. The van der Waals surface area contributed by atoms with Crippen LogP contribution in [0, 0.1) is 6.92 Å². The van der Waals surface area contributed by atoms with Crippen LogP contribution in [0.2, 0.25) is 0 Å². The maximum atomic E-state index is 10.4. The Morgan fingerprint density at radius 3 is 1.54 bits per heavy atom. The second kappa shape index (κ2) is 12.1. The van der Waals surface area contributed by atoms with Crippen molar-refractivity contribution in [1.82, 2.24) is 15.0 Å². The third kappa shape index (κ3) is 6.41. The van der Waals surface area contributed by atoms with E-state index in [1.807, 2.05) is 43.3 Å². The molecule has 0 fully saturated rings. The number of hydrogen-bond donors (Lipinski definition) is 4. The number of para-hydroxylation sites is 3. The molecule has 3 aromatic heterocycles. The van der Waals surface area contributed by atoms with E-state index < -0.39 is 0 Å². The molecule has 3 heterocycles. The highest BCUT2D eigenvalue weighted by atomic mass is 16.4. The highest BCUT2D eigenvalue weighted by Crippen LogP contribution is 2.23. The quantitative estimate of drug-likeness (QED) is 0.0935. The summed E-state index contributed by atoms with van der Waals surface area (Å²) in [5.74, 6) is 0.466. The van der Waals surface area contributed by atoms with Crippen molar-refractivity contribution < 1.29 is 26.7 Å². The van der Waals surface area contributed by atoms with Crippen LogP contribution in [0.25, 0.3) is 32.7 Å². The molecule has 0 spiro atoms. The van der Waals surface area contributed by atoms with E-state index in [9.17, 15) is 20.1 Å². The lowest BCUT2D eigenvalue weighted by atomic mass is 10.2. The number of aromatic hydroxyl groups is 3. The van der Waals surface area contributed by atoms with Gasteiger partial charge in [-0.05, 0) is 43.3 Å². The lowest BCUT2D eigenvalue weighted by Gasteiger charge is -1.99. The molecule has 0 atom stereocenters. The van der Waals surface area contributed by atoms with Crippen LogP contribution in [0.3, 0.4) is 0 Å². The normalized spacial score (nSPS) is 10.6. The third-order valence-electron chi connectivity index (χ3n) is 5.59. The van der Waals surface area contributed by atoms with Crippen molar-refractivity contribution in [2.45, 2.75) is 6.92 Å². The van der Waals surface area contributed by atoms with Gasteiger partial charge < -0.3 is 20.5 Å². The van der Waals surface area contributed by atoms with Gasteiger partial charge in [-0.1, -0.05) is 59.8 Å². The summed E-state index contributed by atoms with van der Waals surface area (Å²) in [5.41, 5.74) is 3.40. The van der Waals surface area contributed by atoms with Gasteiger partial charge >= 0.3 is 0 Å². The first-order chi connectivity index (χ1) is 18.9. The molecule has 9 nitrogen and oxygen atoms in total. The van der Waals surface area contributed by atoms with Crippen LogP contribution in [-0.4, -0.2) is 48.0 Å². The number of rotatable bonds is 2. The van der Waals surface area contributed by atoms with Crippen LogP contribution >= 0.6 is 0 Å². The second-order valence-electron chi connectivity index (χ2n) is 8.33. The van der Waals surface area contributed by atoms with Crippen LogP contribution in [0.5, 0.6) is 17.2 Å². The van der Waals surface area contributed by atoms with E-state index in [4.69, 9.17) is 5.21 Å². The standard InChI is InChI=1S/C10H8N2O2.C10H7NO2.C10H9NO.H2/c13-9-3-1-2-7-4-5-8(6-11-14)12-10(7)9;12-6-8-5-4-7-2-1-3-9(13)10(7)11-8;1-7-5-6-8-3-2-4-9(12)10(8)11-7;/h1-6,13-14H;1-6,13H;2-6,12H,1H3;1H/b11-6+;;;/i;;;1+1. The molecule has 0 saturated carbocycles. The van der Waals surface area contributed by atoms with Gasteiger partial charge in [0.25, 0.3) is 0 Å². The number of aromatic nitrogens is 3. The van der Waals surface area contributed by atoms with Crippen LogP contribution in [-0.2, 0) is 0 Å². The summed E-state index contributed by atoms with van der Waals surface area (Å²) in [6, 6.07) is 26.4. The molecular formula is C30H26N4O5. The molecule has 3 aromatic carbocycles. The minimum absolute atomic E-state index is 0. The molecule has 196 valence electrons. The Morgan fingerprint density at radius 1 is 0.615 bits per heavy atom. The van der Waals surface area contributed by atoms with E-state index in [1.165, 1.54) is 6.21 Å². The summed E-state index contributed by atoms with van der Waals surface area (Å²) in [6.07, 6.45) is 1.87. The number of fused-ring (bicyclic) bond motifs is 3. The van der Waals surface area contributed by atoms with Gasteiger partial charge in [-0.25, -0.2) is 15.0 Å². The molecule has 0 amide bonds. The summed E-state index contributed by atoms with van der Waals surface area (Å²) < 4.78 is 0. The molecule has 0 unspecified atom stereocenters. The number of hydrogen-bond acceptors (Lipinski definition) is 9. The van der Waals surface area contributed by atoms with Gasteiger partial charge in [-0.15, -0.1) is 0 Å². The topological polar surface area (TPSA) is 149 Å². The van der Waals surface area contributed by atoms with Crippen molar-refractivity contribution in [3.05, 3.63) is 108 Å². The lowest BCUT2D eigenvalue weighted by Crippen LogP contribution is -1.88. The summed E-state index contributed by atoms with van der Waals surface area (Å²) >= 11 is 0. The highest BCUT2D eigenvalue weighted by molar-refractivity contribution is 5.89. The Balaban J connectivity index is 0.000000164. The van der Waals surface area contributed by atoms with E-state index in [1.54, 1.807) is 54.6 Å². The van der Waals surface area contributed by atoms with E-state index in [2.05, 4.69) is 20.1 Å². The molecule has 9 heteroatoms. The molecule has 0 bridgehead atoms. The zero-order valence-electron chi connectivity index (χ0n) is 20.8. The smallest absolute Gasteiger partial charge is 0.168 e. The first kappa shape index (κ1) is 26.5. The van der Waals surface area contributed by atoms with Crippen molar-refractivity contribution in [1.29, 1.82) is 0 Å². The van der Waals surface area contributed by atoms with Gasteiger partial charge in [-0.3, -0.25) is 4.79 Å². The van der Waals surface area contributed by atoms with E-state index in [0.29, 0.717) is 34.2 Å². The van der Waals surface area contributed by atoms with Gasteiger partial charge in [0.15, 0.2) is 6.29 Å². The molecule has 4 N–H and O–H groups in total. The Morgan fingerprint density at radius 2 is 1.05 bits per heavy atom. The fourth-order valence-corrected chi connectivity index (χ4v) is 3.72. The maximum Gasteiger partial charge on any atom is 0.168 e. The Kier molecular flexibility index (Phi) is 8.23. The average molecular weight is 524 g/mol. The van der Waals surface area contributed by atoms with E-state index in [0.717, 1.165) is 21.9 Å². The number of oxime groups is 1. The predicted molar refractivity (Wildman–Crippen MR) is 152 cm³/mol. The van der Waals surface area contributed by atoms with Crippen molar-refractivity contribution in [3.8, 4) is 17.2 Å². The minimum atomic E-state index is 0. The molecule has 0 aliphatic carbocycles. The van der Waals surface area contributed by atoms with Crippen LogP contribution in [0.15, 0.2) is 96.2 Å². The summed E-state index contributed by atoms with van der Waals surface area (Å²) in [7, 11) is 0. The monoisotopic (exact) mass is 523 g/mol. The van der Waals surface area contributed by atoms with Crippen LogP contribution in [0.1, 0.15) is 23.3 Å². The number of aldehydes is 1. The zero-order valence-corrected chi connectivity index (χ0v) is 20.8. The summed E-state index contributed by atoms with van der Waals surface area (Å²) in [6.45, 7) is 1.91. The van der Waals surface area contributed by atoms with Gasteiger partial charge in [0.1, 0.15) is 39.5 Å². The number of aryl methyl sites for hydroxylation is 1. The summed E-state index contributed by atoms with van der Waals surface area (Å²) in [4.78, 5) is 22.7. The van der Waals surface area contributed by atoms with Crippen LogP contribution < -0.4 is 0 Å². The zero-order chi connectivity index (χ0) is 27.8. The lowest BCUT2D eigenvalue weighted by molar-refractivity contribution is 0.111. The second-order valence-corrected chi connectivity index (χ2v) is 8.33. The molecule has 0 aliphatic heterocycles. The number of phenols is 3. The van der Waals surface area contributed by atoms with Crippen molar-refractivity contribution >= 4 is 45.2 Å². The molecular weight excluding hydrogens is 496 g/mol. The Labute approximate surface area is 224 Å². The molecule has 0 aliphatic rings. The van der Waals surface area contributed by atoms with Gasteiger partial charge in [-0.2, -0.15) is 0 Å². The first-order valence-electron chi connectivity index (χ1n) is 11.7. The molecule has 6 rings (SSSR count). The van der Waals surface area contributed by atoms with Gasteiger partial charge in [0.2, 0.25) is 0 Å². The number of nitrogens with zero attached hydrogens (tertiary/aromatic N) is 4. The molecule has 39 heavy (non-hydrogen) atoms. The number of benzene rings is 3. The number of phenolic OH excluding ortho intramolecular Hbond substituents is 3. The first-order valence-corrected chi connectivity index (χ1v) is 11.7. The van der Waals surface area contributed by atoms with Crippen molar-refractivity contribution in [2.75, 3.05) is 0 Å². The van der Waals surface area contributed by atoms with E-state index in [-0.39, 0.29) is 18.7 Å².